The van der Waals surface area contributed by atoms with Gasteiger partial charge in [-0.15, -0.1) is 11.8 Å². The largest absolute Gasteiger partial charge is 1.00 e. The van der Waals surface area contributed by atoms with Gasteiger partial charge in [-0.1, -0.05) is 38.3 Å². The molecule has 44 heavy (non-hydrogen) atoms. The number of fused-ring (bicyclic) bond motifs is 1. The molecule has 0 bridgehead atoms. The SMILES string of the molecule is C[C@@H](O)[C@H]1C(=O)N2C(C(=O)OCOC(=O)C3CCCCC3)=C(S[C@@H]3CN[C@H](C(=O)Nc4cccc(C(=O)[O-])c4)C3)[C@H](C)[C@H]12.[Na+]. The first kappa shape index (κ1) is 34.5. The van der Waals surface area contributed by atoms with E-state index in [2.05, 4.69) is 10.6 Å². The van der Waals surface area contributed by atoms with Gasteiger partial charge in [0.25, 0.3) is 0 Å². The zero-order chi connectivity index (χ0) is 30.8. The maximum Gasteiger partial charge on any atom is 1.00 e. The molecule has 0 radical (unpaired) electrons. The number of esters is 2. The molecule has 3 fully saturated rings. The molecular weight excluding hydrogens is 601 g/mol. The second kappa shape index (κ2) is 14.8. The third-order valence-corrected chi connectivity index (χ3v) is 10.2. The van der Waals surface area contributed by atoms with Crippen molar-refractivity contribution in [1.82, 2.24) is 10.2 Å². The van der Waals surface area contributed by atoms with Gasteiger partial charge in [-0.3, -0.25) is 14.4 Å². The van der Waals surface area contributed by atoms with E-state index in [-0.39, 0.29) is 69.7 Å². The minimum Gasteiger partial charge on any atom is -0.545 e. The van der Waals surface area contributed by atoms with E-state index in [9.17, 15) is 34.2 Å². The van der Waals surface area contributed by atoms with Crippen molar-refractivity contribution in [2.75, 3.05) is 18.7 Å². The number of nitrogens with one attached hydrogen (secondary N) is 2. The first-order valence-electron chi connectivity index (χ1n) is 14.7. The van der Waals surface area contributed by atoms with Gasteiger partial charge in [0.2, 0.25) is 18.6 Å². The Morgan fingerprint density at radius 3 is 2.59 bits per heavy atom. The molecule has 3 aliphatic heterocycles. The van der Waals surface area contributed by atoms with Gasteiger partial charge in [0.15, 0.2) is 0 Å². The Bertz CT molecular complexity index is 1330. The number of hydrogen-bond acceptors (Lipinski definition) is 11. The van der Waals surface area contributed by atoms with E-state index in [1.165, 1.54) is 34.9 Å². The molecule has 0 aromatic heterocycles. The Kier molecular flexibility index (Phi) is 11.6. The van der Waals surface area contributed by atoms with E-state index in [0.717, 1.165) is 32.1 Å². The maximum absolute atomic E-state index is 13.3. The first-order chi connectivity index (χ1) is 20.6. The fraction of sp³-hybridized carbons (Fsp3) is 0.567. The number of aliphatic hydroxyl groups excluding tert-OH is 1. The van der Waals surface area contributed by atoms with Crippen LogP contribution in [0.25, 0.3) is 0 Å². The van der Waals surface area contributed by atoms with E-state index < -0.39 is 48.8 Å². The van der Waals surface area contributed by atoms with Gasteiger partial charge in [0.1, 0.15) is 5.70 Å². The number of anilines is 1. The number of carboxylic acids is 1. The summed E-state index contributed by atoms with van der Waals surface area (Å²) in [6.07, 6.45) is 4.02. The Balaban J connectivity index is 0.00000442. The summed E-state index contributed by atoms with van der Waals surface area (Å²) < 4.78 is 10.6. The molecule has 1 saturated carbocycles. The molecule has 5 rings (SSSR count). The molecule has 12 nitrogen and oxygen atoms in total. The summed E-state index contributed by atoms with van der Waals surface area (Å²) in [5.41, 5.74) is 0.369. The molecule has 4 aliphatic rings. The molecule has 2 saturated heterocycles. The van der Waals surface area contributed by atoms with Gasteiger partial charge < -0.3 is 40.0 Å². The van der Waals surface area contributed by atoms with Crippen molar-refractivity contribution < 1.29 is 73.2 Å². The number of rotatable bonds is 10. The van der Waals surface area contributed by atoms with Crippen LogP contribution in [0, 0.1) is 17.8 Å². The summed E-state index contributed by atoms with van der Waals surface area (Å²) >= 11 is 1.39. The maximum atomic E-state index is 13.3. The fourth-order valence-electron chi connectivity index (χ4n) is 6.46. The van der Waals surface area contributed by atoms with Crippen LogP contribution < -0.4 is 45.3 Å². The number of β-lactam (4-membered cyclic amide) rings is 1. The van der Waals surface area contributed by atoms with Crippen LogP contribution in [0.15, 0.2) is 34.9 Å². The van der Waals surface area contributed by atoms with Crippen molar-refractivity contribution >= 4 is 47.2 Å². The van der Waals surface area contributed by atoms with Crippen molar-refractivity contribution in [1.29, 1.82) is 0 Å². The summed E-state index contributed by atoms with van der Waals surface area (Å²) in [4.78, 5) is 64.8. The standard InChI is InChI=1S/C30H37N3O9S.Na/c1-15-23-22(16(2)34)27(36)33(23)24(30(40)42-14-41-29(39)17-7-4-3-5-8-17)25(15)43-20-12-21(31-13-20)26(35)32-19-10-6-9-18(11-19)28(37)38;/h6,9-11,15-17,20-23,31,34H,3-5,7-8,12-14H2,1-2H3,(H,32,35)(H,37,38);/q;+1/p-1/t15-,16-,20+,21+,22-,23-;/m1./s1. The average Bonchev–Trinajstić information content (AvgIpc) is 3.54. The Labute approximate surface area is 281 Å². The minimum atomic E-state index is -1.34. The van der Waals surface area contributed by atoms with Gasteiger partial charge in [-0.2, -0.15) is 0 Å². The van der Waals surface area contributed by atoms with Gasteiger partial charge in [-0.25, -0.2) is 4.79 Å². The van der Waals surface area contributed by atoms with Crippen molar-refractivity contribution in [3.8, 4) is 0 Å². The van der Waals surface area contributed by atoms with Crippen LogP contribution in [0.1, 0.15) is 62.7 Å². The first-order valence-corrected chi connectivity index (χ1v) is 15.6. The van der Waals surface area contributed by atoms with Crippen LogP contribution >= 0.6 is 11.8 Å². The number of carbonyl (C=O) groups excluding carboxylic acids is 5. The molecule has 3 N–H and O–H groups in total. The molecule has 1 aromatic carbocycles. The smallest absolute Gasteiger partial charge is 0.545 e. The Hall–Kier alpha value is -2.42. The van der Waals surface area contributed by atoms with Crippen LogP contribution in [0.2, 0.25) is 0 Å². The summed E-state index contributed by atoms with van der Waals surface area (Å²) in [5, 5.41) is 27.2. The molecule has 1 aromatic rings. The summed E-state index contributed by atoms with van der Waals surface area (Å²) in [6, 6.07) is 4.82. The predicted molar refractivity (Wildman–Crippen MR) is 153 cm³/mol. The number of carbonyl (C=O) groups is 5. The van der Waals surface area contributed by atoms with Crippen molar-refractivity contribution in [3.05, 3.63) is 40.4 Å². The van der Waals surface area contributed by atoms with E-state index in [1.807, 2.05) is 6.92 Å². The van der Waals surface area contributed by atoms with Gasteiger partial charge in [0.05, 0.1) is 36.0 Å². The molecular formula is C30H36N3NaO9S. The van der Waals surface area contributed by atoms with Gasteiger partial charge in [-0.05, 0) is 43.9 Å². The summed E-state index contributed by atoms with van der Waals surface area (Å²) in [6.45, 7) is 3.33. The predicted octanol–water partition coefficient (Wildman–Crippen LogP) is -1.85. The van der Waals surface area contributed by atoms with Crippen molar-refractivity contribution in [3.63, 3.8) is 0 Å². The zero-order valence-electron chi connectivity index (χ0n) is 25.1. The molecule has 2 amide bonds. The number of benzene rings is 1. The molecule has 6 atom stereocenters. The van der Waals surface area contributed by atoms with Crippen molar-refractivity contribution in [2.45, 2.75) is 75.8 Å². The molecule has 14 heteroatoms. The third kappa shape index (κ3) is 7.18. The second-order valence-electron chi connectivity index (χ2n) is 11.6. The normalized spacial score (nSPS) is 27.1. The van der Waals surface area contributed by atoms with Crippen LogP contribution in [-0.4, -0.2) is 76.5 Å². The number of aliphatic hydroxyl groups is 1. The monoisotopic (exact) mass is 637 g/mol. The topological polar surface area (TPSA) is 174 Å². The quantitative estimate of drug-likeness (QED) is 0.114. The molecule has 3 heterocycles. The van der Waals surface area contributed by atoms with Crippen LogP contribution in [0.3, 0.4) is 0 Å². The Morgan fingerprint density at radius 2 is 1.91 bits per heavy atom. The van der Waals surface area contributed by atoms with E-state index >= 15 is 0 Å². The van der Waals surface area contributed by atoms with E-state index in [1.54, 1.807) is 13.0 Å². The number of thioether (sulfide) groups is 1. The Morgan fingerprint density at radius 1 is 1.18 bits per heavy atom. The number of carboxylic acid groups (broad SMARTS) is 1. The number of nitrogens with zero attached hydrogens (tertiary/aromatic N) is 1. The van der Waals surface area contributed by atoms with E-state index in [0.29, 0.717) is 23.6 Å². The second-order valence-corrected chi connectivity index (χ2v) is 13.0. The third-order valence-electron chi connectivity index (χ3n) is 8.70. The number of aromatic carboxylic acids is 1. The van der Waals surface area contributed by atoms with Gasteiger partial charge >= 0.3 is 41.5 Å². The minimum absolute atomic E-state index is 0. The number of hydrogen-bond donors (Lipinski definition) is 3. The van der Waals surface area contributed by atoms with Crippen LogP contribution in [0.5, 0.6) is 0 Å². The molecule has 0 spiro atoms. The molecule has 0 unspecified atom stereocenters. The van der Waals surface area contributed by atoms with Crippen molar-refractivity contribution in [2.24, 2.45) is 17.8 Å². The van der Waals surface area contributed by atoms with E-state index in [4.69, 9.17) is 9.47 Å². The summed E-state index contributed by atoms with van der Waals surface area (Å²) in [5.74, 6) is -4.34. The average molecular weight is 638 g/mol. The number of ether oxygens (including phenoxy) is 2. The van der Waals surface area contributed by atoms with Gasteiger partial charge in [0, 0.05) is 28.3 Å². The zero-order valence-corrected chi connectivity index (χ0v) is 27.9. The summed E-state index contributed by atoms with van der Waals surface area (Å²) in [7, 11) is 0. The van der Waals surface area contributed by atoms with Crippen LogP contribution in [0.4, 0.5) is 5.69 Å². The molecule has 232 valence electrons. The van der Waals surface area contributed by atoms with Crippen LogP contribution in [-0.2, 0) is 28.7 Å². The number of amides is 2. The fourth-order valence-corrected chi connectivity index (χ4v) is 7.94. The molecule has 1 aliphatic carbocycles.